The summed E-state index contributed by atoms with van der Waals surface area (Å²) in [5.41, 5.74) is 0.743. The monoisotopic (exact) mass is 317 g/mol. The molecule has 0 saturated carbocycles. The van der Waals surface area contributed by atoms with E-state index in [1.54, 1.807) is 6.07 Å². The van der Waals surface area contributed by atoms with Gasteiger partial charge in [-0.3, -0.25) is 10.1 Å². The molecule has 0 aliphatic heterocycles. The third-order valence-electron chi connectivity index (χ3n) is 3.03. The Morgan fingerprint density at radius 2 is 1.91 bits per heavy atom. The smallest absolute Gasteiger partial charge is 0.314 e. The van der Waals surface area contributed by atoms with Gasteiger partial charge in [0, 0.05) is 0 Å². The minimum absolute atomic E-state index is 0.0776. The predicted molar refractivity (Wildman–Crippen MR) is 86.2 cm³/mol. The van der Waals surface area contributed by atoms with Gasteiger partial charge in [-0.05, 0) is 43.7 Å². The van der Waals surface area contributed by atoms with Gasteiger partial charge >= 0.3 is 5.69 Å². The van der Waals surface area contributed by atoms with E-state index in [0.717, 1.165) is 11.3 Å². The second-order valence-electron chi connectivity index (χ2n) is 5.19. The molecule has 0 unspecified atom stereocenters. The SMILES string of the molecule is COc1ccc(OCc2cccc(OC(C)C)c2)c([N+](=O)[O-])c1. The molecule has 0 amide bonds. The van der Waals surface area contributed by atoms with Crippen molar-refractivity contribution in [3.05, 3.63) is 58.1 Å². The summed E-state index contributed by atoms with van der Waals surface area (Å²) in [7, 11) is 1.46. The third kappa shape index (κ3) is 4.60. The van der Waals surface area contributed by atoms with Crippen LogP contribution in [0.1, 0.15) is 19.4 Å². The zero-order valence-corrected chi connectivity index (χ0v) is 13.3. The van der Waals surface area contributed by atoms with Gasteiger partial charge in [0.2, 0.25) is 0 Å². The van der Waals surface area contributed by atoms with Crippen molar-refractivity contribution in [1.82, 2.24) is 0 Å². The lowest BCUT2D eigenvalue weighted by Gasteiger charge is -2.12. The number of hydrogen-bond donors (Lipinski definition) is 0. The van der Waals surface area contributed by atoms with Crippen LogP contribution in [-0.2, 0) is 6.61 Å². The lowest BCUT2D eigenvalue weighted by molar-refractivity contribution is -0.386. The van der Waals surface area contributed by atoms with Crippen molar-refractivity contribution in [1.29, 1.82) is 0 Å². The van der Waals surface area contributed by atoms with Crippen LogP contribution < -0.4 is 14.2 Å². The van der Waals surface area contributed by atoms with Gasteiger partial charge in [-0.25, -0.2) is 0 Å². The topological polar surface area (TPSA) is 70.8 Å². The zero-order valence-electron chi connectivity index (χ0n) is 13.3. The molecule has 0 aromatic heterocycles. The van der Waals surface area contributed by atoms with E-state index in [1.807, 2.05) is 38.1 Å². The molecule has 0 N–H and O–H groups in total. The Morgan fingerprint density at radius 1 is 1.13 bits per heavy atom. The lowest BCUT2D eigenvalue weighted by atomic mass is 10.2. The summed E-state index contributed by atoms with van der Waals surface area (Å²) in [4.78, 5) is 10.6. The molecule has 6 nitrogen and oxygen atoms in total. The Balaban J connectivity index is 2.13. The molecule has 0 aliphatic carbocycles. The summed E-state index contributed by atoms with van der Waals surface area (Å²) >= 11 is 0. The van der Waals surface area contributed by atoms with Gasteiger partial charge in [-0.2, -0.15) is 0 Å². The van der Waals surface area contributed by atoms with Crippen LogP contribution >= 0.6 is 0 Å². The minimum atomic E-state index is -0.490. The number of benzene rings is 2. The molecule has 2 rings (SSSR count). The average Bonchev–Trinajstić information content (AvgIpc) is 2.52. The molecule has 0 spiro atoms. The standard InChI is InChI=1S/C17H19NO5/c1-12(2)23-15-6-4-5-13(9-15)11-22-17-8-7-14(21-3)10-16(17)18(19)20/h4-10,12H,11H2,1-3H3. The molecule has 0 aliphatic rings. The van der Waals surface area contributed by atoms with Crippen molar-refractivity contribution in [3.63, 3.8) is 0 Å². The van der Waals surface area contributed by atoms with Crippen molar-refractivity contribution >= 4 is 5.69 Å². The summed E-state index contributed by atoms with van der Waals surface area (Å²) in [5.74, 6) is 1.35. The molecule has 0 bridgehead atoms. The van der Waals surface area contributed by atoms with E-state index in [0.29, 0.717) is 5.75 Å². The highest BCUT2D eigenvalue weighted by Gasteiger charge is 2.16. The largest absolute Gasteiger partial charge is 0.496 e. The number of methoxy groups -OCH3 is 1. The first-order valence-electron chi connectivity index (χ1n) is 7.20. The highest BCUT2D eigenvalue weighted by molar-refractivity contribution is 5.51. The van der Waals surface area contributed by atoms with Crippen molar-refractivity contribution < 1.29 is 19.1 Å². The van der Waals surface area contributed by atoms with E-state index in [1.165, 1.54) is 19.2 Å². The first-order valence-corrected chi connectivity index (χ1v) is 7.20. The second kappa shape index (κ2) is 7.49. The van der Waals surface area contributed by atoms with Gasteiger partial charge in [0.15, 0.2) is 5.75 Å². The van der Waals surface area contributed by atoms with Gasteiger partial charge in [0.25, 0.3) is 0 Å². The highest BCUT2D eigenvalue weighted by atomic mass is 16.6. The van der Waals surface area contributed by atoms with Crippen LogP contribution in [0.25, 0.3) is 0 Å². The van der Waals surface area contributed by atoms with Crippen molar-refractivity contribution in [2.24, 2.45) is 0 Å². The predicted octanol–water partition coefficient (Wildman–Crippen LogP) is 3.97. The Kier molecular flexibility index (Phi) is 5.41. The molecule has 0 saturated heterocycles. The fourth-order valence-electron chi connectivity index (χ4n) is 2.03. The van der Waals surface area contributed by atoms with Gasteiger partial charge in [-0.1, -0.05) is 12.1 Å². The molecule has 122 valence electrons. The van der Waals surface area contributed by atoms with E-state index in [4.69, 9.17) is 14.2 Å². The number of ether oxygens (including phenoxy) is 3. The Hall–Kier alpha value is -2.76. The van der Waals surface area contributed by atoms with Crippen molar-refractivity contribution in [2.45, 2.75) is 26.6 Å². The summed E-state index contributed by atoms with van der Waals surface area (Å²) in [6.07, 6.45) is 0.0776. The first kappa shape index (κ1) is 16.6. The van der Waals surface area contributed by atoms with Gasteiger partial charge in [0.1, 0.15) is 18.1 Å². The third-order valence-corrected chi connectivity index (χ3v) is 3.03. The Bertz CT molecular complexity index is 684. The zero-order chi connectivity index (χ0) is 16.8. The number of nitro groups is 1. The van der Waals surface area contributed by atoms with E-state index in [9.17, 15) is 10.1 Å². The normalized spacial score (nSPS) is 10.4. The lowest BCUT2D eigenvalue weighted by Crippen LogP contribution is -2.06. The maximum Gasteiger partial charge on any atom is 0.314 e. The summed E-state index contributed by atoms with van der Waals surface area (Å²) in [6.45, 7) is 4.11. The van der Waals surface area contributed by atoms with Crippen molar-refractivity contribution in [2.75, 3.05) is 7.11 Å². The van der Waals surface area contributed by atoms with E-state index in [-0.39, 0.29) is 24.1 Å². The van der Waals surface area contributed by atoms with Crippen LogP contribution in [0.3, 0.4) is 0 Å². The van der Waals surface area contributed by atoms with Crippen LogP contribution in [0.5, 0.6) is 17.2 Å². The van der Waals surface area contributed by atoms with Crippen LogP contribution in [-0.4, -0.2) is 18.1 Å². The van der Waals surface area contributed by atoms with Crippen LogP contribution in [0.4, 0.5) is 5.69 Å². The average molecular weight is 317 g/mol. The maximum atomic E-state index is 11.1. The number of hydrogen-bond acceptors (Lipinski definition) is 5. The maximum absolute atomic E-state index is 11.1. The van der Waals surface area contributed by atoms with Crippen molar-refractivity contribution in [3.8, 4) is 17.2 Å². The van der Waals surface area contributed by atoms with Gasteiger partial charge < -0.3 is 14.2 Å². The Morgan fingerprint density at radius 3 is 2.57 bits per heavy atom. The molecule has 0 heterocycles. The molecular weight excluding hydrogens is 298 g/mol. The van der Waals surface area contributed by atoms with Crippen LogP contribution in [0.15, 0.2) is 42.5 Å². The molecule has 23 heavy (non-hydrogen) atoms. The van der Waals surface area contributed by atoms with E-state index >= 15 is 0 Å². The van der Waals surface area contributed by atoms with E-state index in [2.05, 4.69) is 0 Å². The highest BCUT2D eigenvalue weighted by Crippen LogP contribution is 2.31. The summed E-state index contributed by atoms with van der Waals surface area (Å²) in [6, 6.07) is 12.0. The first-order chi connectivity index (χ1) is 11.0. The number of rotatable bonds is 7. The summed E-state index contributed by atoms with van der Waals surface area (Å²) < 4.78 is 16.2. The Labute approximate surface area is 134 Å². The van der Waals surface area contributed by atoms with Crippen LogP contribution in [0.2, 0.25) is 0 Å². The fraction of sp³-hybridized carbons (Fsp3) is 0.294. The van der Waals surface area contributed by atoms with E-state index < -0.39 is 4.92 Å². The second-order valence-corrected chi connectivity index (χ2v) is 5.19. The minimum Gasteiger partial charge on any atom is -0.496 e. The quantitative estimate of drug-likeness (QED) is 0.571. The molecule has 2 aromatic carbocycles. The molecule has 2 aromatic rings. The van der Waals surface area contributed by atoms with Gasteiger partial charge in [-0.15, -0.1) is 0 Å². The molecule has 0 atom stereocenters. The fourth-order valence-corrected chi connectivity index (χ4v) is 2.03. The van der Waals surface area contributed by atoms with Gasteiger partial charge in [0.05, 0.1) is 24.2 Å². The molecular formula is C17H19NO5. The summed E-state index contributed by atoms with van der Waals surface area (Å²) in [5, 5.41) is 11.1. The molecule has 6 heteroatoms. The number of nitro benzene ring substituents is 1. The molecule has 0 fully saturated rings. The molecule has 0 radical (unpaired) electrons. The van der Waals surface area contributed by atoms with Crippen LogP contribution in [0, 0.1) is 10.1 Å². The number of nitrogens with zero attached hydrogens (tertiary/aromatic N) is 1.